The molecule has 0 radical (unpaired) electrons. The van der Waals surface area contributed by atoms with Crippen LogP contribution in [0.4, 0.5) is 8.78 Å². The molecular formula is C11H11F2NO. The van der Waals surface area contributed by atoms with Gasteiger partial charge in [-0.1, -0.05) is 6.07 Å². The fourth-order valence-corrected chi connectivity index (χ4v) is 1.03. The fraction of sp³-hybridized carbons (Fsp3) is 0.182. The average molecular weight is 211 g/mol. The smallest absolute Gasteiger partial charge is 0.193 e. The maximum Gasteiger partial charge on any atom is 0.193 e. The summed E-state index contributed by atoms with van der Waals surface area (Å²) in [5.41, 5.74) is -0.518. The Balaban J connectivity index is 3.01. The Labute approximate surface area is 86.8 Å². The molecular weight excluding hydrogens is 200 g/mol. The molecule has 0 heterocycles. The lowest BCUT2D eigenvalue weighted by atomic mass is 10.1. The Morgan fingerprint density at radius 3 is 2.27 bits per heavy atom. The molecule has 0 N–H and O–H groups in total. The molecule has 1 aromatic carbocycles. The van der Waals surface area contributed by atoms with Gasteiger partial charge in [0.25, 0.3) is 0 Å². The number of allylic oxidation sites excluding steroid dienone is 1. The van der Waals surface area contributed by atoms with Crippen molar-refractivity contribution >= 4 is 5.78 Å². The molecule has 1 aromatic rings. The minimum atomic E-state index is -0.844. The monoisotopic (exact) mass is 211 g/mol. The van der Waals surface area contributed by atoms with Crippen LogP contribution in [-0.4, -0.2) is 24.8 Å². The van der Waals surface area contributed by atoms with Crippen molar-refractivity contribution in [1.82, 2.24) is 4.90 Å². The third-order valence-corrected chi connectivity index (χ3v) is 1.73. The zero-order valence-corrected chi connectivity index (χ0v) is 8.50. The lowest BCUT2D eigenvalue weighted by Crippen LogP contribution is -2.06. The minimum absolute atomic E-state index is 0.518. The van der Waals surface area contributed by atoms with Crippen molar-refractivity contribution in [2.24, 2.45) is 0 Å². The van der Waals surface area contributed by atoms with E-state index in [1.165, 1.54) is 12.3 Å². The Hall–Kier alpha value is -1.71. The van der Waals surface area contributed by atoms with Crippen LogP contribution in [-0.2, 0) is 0 Å². The number of hydrogen-bond donors (Lipinski definition) is 0. The van der Waals surface area contributed by atoms with Crippen LogP contribution in [0.1, 0.15) is 10.4 Å². The molecule has 1 rings (SSSR count). The van der Waals surface area contributed by atoms with E-state index in [2.05, 4.69) is 0 Å². The third-order valence-electron chi connectivity index (χ3n) is 1.73. The first kappa shape index (κ1) is 11.4. The van der Waals surface area contributed by atoms with Crippen molar-refractivity contribution in [1.29, 1.82) is 0 Å². The summed E-state index contributed by atoms with van der Waals surface area (Å²) in [7, 11) is 3.42. The molecule has 0 aromatic heterocycles. The van der Waals surface area contributed by atoms with Gasteiger partial charge in [-0.05, 0) is 12.1 Å². The molecule has 0 aliphatic heterocycles. The standard InChI is InChI=1S/C11H11F2NO/c1-14(2)7-6-10(15)11-8(12)4-3-5-9(11)13/h3-7H,1-2H3/b7-6+. The summed E-state index contributed by atoms with van der Waals surface area (Å²) in [6.07, 6.45) is 2.57. The molecule has 2 nitrogen and oxygen atoms in total. The van der Waals surface area contributed by atoms with Gasteiger partial charge in [-0.3, -0.25) is 4.79 Å². The highest BCUT2D eigenvalue weighted by Crippen LogP contribution is 2.13. The molecule has 0 amide bonds. The van der Waals surface area contributed by atoms with Gasteiger partial charge in [-0.2, -0.15) is 0 Å². The molecule has 15 heavy (non-hydrogen) atoms. The highest BCUT2D eigenvalue weighted by molar-refractivity contribution is 6.04. The number of carbonyl (C=O) groups excluding carboxylic acids is 1. The predicted octanol–water partition coefficient (Wildman–Crippen LogP) is 2.22. The van der Waals surface area contributed by atoms with Crippen molar-refractivity contribution < 1.29 is 13.6 Å². The van der Waals surface area contributed by atoms with Crippen LogP contribution in [0.25, 0.3) is 0 Å². The average Bonchev–Trinajstić information content (AvgIpc) is 2.14. The first-order valence-electron chi connectivity index (χ1n) is 4.35. The highest BCUT2D eigenvalue weighted by atomic mass is 19.1. The Bertz CT molecular complexity index is 379. The Morgan fingerprint density at radius 2 is 1.80 bits per heavy atom. The van der Waals surface area contributed by atoms with E-state index in [1.54, 1.807) is 19.0 Å². The van der Waals surface area contributed by atoms with Gasteiger partial charge in [-0.15, -0.1) is 0 Å². The lowest BCUT2D eigenvalue weighted by molar-refractivity contribution is 0.103. The SMILES string of the molecule is CN(C)/C=C/C(=O)c1c(F)cccc1F. The lowest BCUT2D eigenvalue weighted by Gasteiger charge is -2.03. The topological polar surface area (TPSA) is 20.3 Å². The van der Waals surface area contributed by atoms with Crippen LogP contribution in [0.5, 0.6) is 0 Å². The van der Waals surface area contributed by atoms with Crippen LogP contribution in [0, 0.1) is 11.6 Å². The van der Waals surface area contributed by atoms with Crippen molar-refractivity contribution in [2.75, 3.05) is 14.1 Å². The summed E-state index contributed by atoms with van der Waals surface area (Å²) in [6.45, 7) is 0. The first-order chi connectivity index (χ1) is 7.02. The molecule has 0 aliphatic rings. The van der Waals surface area contributed by atoms with Gasteiger partial charge in [0.1, 0.15) is 11.6 Å². The quantitative estimate of drug-likeness (QED) is 0.564. The van der Waals surface area contributed by atoms with E-state index < -0.39 is 23.0 Å². The Kier molecular flexibility index (Phi) is 3.55. The molecule has 0 spiro atoms. The van der Waals surface area contributed by atoms with Crippen LogP contribution >= 0.6 is 0 Å². The molecule has 0 aliphatic carbocycles. The molecule has 0 saturated carbocycles. The summed E-state index contributed by atoms with van der Waals surface area (Å²) in [4.78, 5) is 13.0. The van der Waals surface area contributed by atoms with E-state index >= 15 is 0 Å². The Morgan fingerprint density at radius 1 is 1.27 bits per heavy atom. The van der Waals surface area contributed by atoms with Crippen LogP contribution < -0.4 is 0 Å². The first-order valence-corrected chi connectivity index (χ1v) is 4.35. The van der Waals surface area contributed by atoms with E-state index in [1.807, 2.05) is 0 Å². The molecule has 0 atom stereocenters. The van der Waals surface area contributed by atoms with Crippen LogP contribution in [0.15, 0.2) is 30.5 Å². The number of halogens is 2. The summed E-state index contributed by atoms with van der Waals surface area (Å²) < 4.78 is 26.2. The molecule has 80 valence electrons. The number of ketones is 1. The van der Waals surface area contributed by atoms with Crippen LogP contribution in [0.2, 0.25) is 0 Å². The number of rotatable bonds is 3. The zero-order valence-electron chi connectivity index (χ0n) is 8.50. The van der Waals surface area contributed by atoms with Gasteiger partial charge in [0, 0.05) is 26.4 Å². The van der Waals surface area contributed by atoms with Gasteiger partial charge in [0.2, 0.25) is 0 Å². The largest absolute Gasteiger partial charge is 0.383 e. The van der Waals surface area contributed by atoms with Crippen molar-refractivity contribution in [3.63, 3.8) is 0 Å². The molecule has 4 heteroatoms. The molecule has 0 unspecified atom stereocenters. The second-order valence-corrected chi connectivity index (χ2v) is 3.24. The van der Waals surface area contributed by atoms with Crippen LogP contribution in [0.3, 0.4) is 0 Å². The summed E-state index contributed by atoms with van der Waals surface area (Å²) in [5, 5.41) is 0. The van der Waals surface area contributed by atoms with Gasteiger partial charge in [-0.25, -0.2) is 8.78 Å². The van der Waals surface area contributed by atoms with E-state index in [-0.39, 0.29) is 0 Å². The maximum absolute atomic E-state index is 13.1. The predicted molar refractivity (Wildman–Crippen MR) is 53.5 cm³/mol. The number of hydrogen-bond acceptors (Lipinski definition) is 2. The summed E-state index contributed by atoms with van der Waals surface area (Å²) >= 11 is 0. The van der Waals surface area contributed by atoms with Gasteiger partial charge in [0.15, 0.2) is 5.78 Å². The number of nitrogens with zero attached hydrogens (tertiary/aromatic N) is 1. The van der Waals surface area contributed by atoms with Gasteiger partial charge < -0.3 is 4.90 Å². The van der Waals surface area contributed by atoms with Gasteiger partial charge >= 0.3 is 0 Å². The summed E-state index contributed by atoms with van der Waals surface area (Å²) in [5.74, 6) is -2.37. The summed E-state index contributed by atoms with van der Waals surface area (Å²) in [6, 6.07) is 3.33. The number of carbonyl (C=O) groups is 1. The van der Waals surface area contributed by atoms with E-state index in [0.717, 1.165) is 18.2 Å². The zero-order chi connectivity index (χ0) is 11.4. The van der Waals surface area contributed by atoms with Crippen molar-refractivity contribution in [2.45, 2.75) is 0 Å². The second-order valence-electron chi connectivity index (χ2n) is 3.24. The van der Waals surface area contributed by atoms with E-state index in [4.69, 9.17) is 0 Å². The van der Waals surface area contributed by atoms with E-state index in [9.17, 15) is 13.6 Å². The van der Waals surface area contributed by atoms with Gasteiger partial charge in [0.05, 0.1) is 5.56 Å². The maximum atomic E-state index is 13.1. The minimum Gasteiger partial charge on any atom is -0.383 e. The number of benzene rings is 1. The van der Waals surface area contributed by atoms with E-state index in [0.29, 0.717) is 0 Å². The molecule has 0 fully saturated rings. The second kappa shape index (κ2) is 4.68. The highest BCUT2D eigenvalue weighted by Gasteiger charge is 2.13. The van der Waals surface area contributed by atoms with Crippen molar-refractivity contribution in [3.8, 4) is 0 Å². The molecule has 0 saturated heterocycles. The fourth-order valence-electron chi connectivity index (χ4n) is 1.03. The normalized spacial score (nSPS) is 10.7. The van der Waals surface area contributed by atoms with Crippen molar-refractivity contribution in [3.05, 3.63) is 47.7 Å². The third kappa shape index (κ3) is 2.87. The molecule has 0 bridgehead atoms.